The van der Waals surface area contributed by atoms with E-state index in [4.69, 9.17) is 0 Å². The number of aliphatic hydroxyl groups is 2. The summed E-state index contributed by atoms with van der Waals surface area (Å²) >= 11 is 2.34. The van der Waals surface area contributed by atoms with Crippen LogP contribution in [-0.2, 0) is 19.2 Å². The minimum Gasteiger partial charge on any atom is -0.390 e. The van der Waals surface area contributed by atoms with E-state index in [9.17, 15) is 29.4 Å². The maximum absolute atomic E-state index is 17.3. The van der Waals surface area contributed by atoms with Gasteiger partial charge in [0, 0.05) is 23.7 Å². The Morgan fingerprint density at radius 2 is 1.95 bits per heavy atom. The van der Waals surface area contributed by atoms with Gasteiger partial charge in [0.05, 0.1) is 17.9 Å². The van der Waals surface area contributed by atoms with E-state index in [-0.39, 0.29) is 34.9 Å². The number of carbonyl (C=O) groups excluding carboxylic acids is 4. The van der Waals surface area contributed by atoms with E-state index in [0.717, 1.165) is 11.8 Å². The molecule has 9 atom stereocenters. The van der Waals surface area contributed by atoms with Crippen molar-refractivity contribution in [3.05, 3.63) is 23.8 Å². The van der Waals surface area contributed by atoms with Crippen molar-refractivity contribution in [1.29, 1.82) is 0 Å². The predicted octanol–water partition coefficient (Wildman–Crippen LogP) is 3.42. The Morgan fingerprint density at radius 1 is 1.26 bits per heavy atom. The van der Waals surface area contributed by atoms with Gasteiger partial charge in [0.1, 0.15) is 5.60 Å². The van der Waals surface area contributed by atoms with Gasteiger partial charge in [-0.3, -0.25) is 19.2 Å². The lowest BCUT2D eigenvalue weighted by atomic mass is 9.44. The summed E-state index contributed by atoms with van der Waals surface area (Å²) in [5.41, 5.74) is -5.44. The van der Waals surface area contributed by atoms with Crippen LogP contribution in [0, 0.1) is 28.6 Å². The number of halogens is 1. The Kier molecular flexibility index (Phi) is 8.38. The highest BCUT2D eigenvalue weighted by Crippen LogP contribution is 2.70. The summed E-state index contributed by atoms with van der Waals surface area (Å²) in [5, 5.41) is 25.9. The van der Waals surface area contributed by atoms with Crippen molar-refractivity contribution >= 4 is 46.1 Å². The van der Waals surface area contributed by atoms with Gasteiger partial charge in [0.15, 0.2) is 17.2 Å². The number of alkyl halides is 1. The highest BCUT2D eigenvalue weighted by atomic mass is 32.2. The van der Waals surface area contributed by atoms with Crippen LogP contribution in [0.15, 0.2) is 23.8 Å². The van der Waals surface area contributed by atoms with Crippen LogP contribution in [0.1, 0.15) is 59.8 Å². The lowest BCUT2D eigenvalue weighted by Gasteiger charge is -2.62. The van der Waals surface area contributed by atoms with E-state index >= 15 is 4.39 Å². The third-order valence-corrected chi connectivity index (χ3v) is 11.9. The number of rotatable bonds is 8. The SMILES string of the molecule is CSCCC(NC(C)=O)C(=O)SCC(=O)[C@@]1(O)[C@@H](C)C[C@H]2[C@@H]3CCC4=CC(=O)C=C[C@]4(C)[C@@]3(F)C(O)C[C@@]21C. The lowest BCUT2D eigenvalue weighted by Crippen LogP contribution is -2.69. The van der Waals surface area contributed by atoms with Crippen LogP contribution in [-0.4, -0.2) is 74.0 Å². The number of aliphatic hydroxyl groups excluding tert-OH is 1. The first-order valence-corrected chi connectivity index (χ1v) is 16.0. The molecule has 0 aromatic carbocycles. The van der Waals surface area contributed by atoms with Gasteiger partial charge in [-0.25, -0.2) is 4.39 Å². The number of hydrogen-bond donors (Lipinski definition) is 3. The Bertz CT molecular complexity index is 1130. The van der Waals surface area contributed by atoms with E-state index in [1.807, 2.05) is 6.26 Å². The van der Waals surface area contributed by atoms with E-state index < -0.39 is 51.9 Å². The molecule has 10 heteroatoms. The van der Waals surface area contributed by atoms with Gasteiger partial charge in [0.25, 0.3) is 0 Å². The van der Waals surface area contributed by atoms with Gasteiger partial charge in [-0.05, 0) is 75.0 Å². The maximum Gasteiger partial charge on any atom is 0.217 e. The highest BCUT2D eigenvalue weighted by Gasteiger charge is 2.75. The van der Waals surface area contributed by atoms with Crippen LogP contribution in [0.5, 0.6) is 0 Å². The van der Waals surface area contributed by atoms with Gasteiger partial charge in [-0.2, -0.15) is 11.8 Å². The fraction of sp³-hybridized carbons (Fsp3) is 0.724. The molecule has 3 fully saturated rings. The molecule has 0 spiro atoms. The summed E-state index contributed by atoms with van der Waals surface area (Å²) in [5.74, 6) is -2.11. The molecule has 0 saturated heterocycles. The molecule has 0 bridgehead atoms. The zero-order valence-electron chi connectivity index (χ0n) is 23.3. The van der Waals surface area contributed by atoms with E-state index in [1.54, 1.807) is 38.6 Å². The molecule has 2 unspecified atom stereocenters. The Balaban J connectivity index is 1.58. The number of ketones is 2. The summed E-state index contributed by atoms with van der Waals surface area (Å²) in [7, 11) is 0. The van der Waals surface area contributed by atoms with Crippen molar-refractivity contribution in [3.63, 3.8) is 0 Å². The molecule has 4 rings (SSSR count). The fourth-order valence-electron chi connectivity index (χ4n) is 8.22. The third-order valence-electron chi connectivity index (χ3n) is 10.3. The normalized spacial score (nSPS) is 41.6. The summed E-state index contributed by atoms with van der Waals surface area (Å²) < 4.78 is 17.3. The molecule has 4 aliphatic rings. The van der Waals surface area contributed by atoms with Gasteiger partial charge >= 0.3 is 0 Å². The number of carbonyl (C=O) groups is 4. The third kappa shape index (κ3) is 4.57. The molecule has 1 amide bonds. The molecule has 4 aliphatic carbocycles. The number of hydrogen-bond acceptors (Lipinski definition) is 8. The molecule has 0 aromatic heterocycles. The van der Waals surface area contributed by atoms with Crippen molar-refractivity contribution in [1.82, 2.24) is 5.32 Å². The van der Waals surface area contributed by atoms with Gasteiger partial charge in [-0.15, -0.1) is 0 Å². The molecule has 7 nitrogen and oxygen atoms in total. The van der Waals surface area contributed by atoms with Crippen LogP contribution >= 0.6 is 23.5 Å². The van der Waals surface area contributed by atoms with Gasteiger partial charge < -0.3 is 15.5 Å². The number of nitrogens with one attached hydrogen (secondary N) is 1. The second-order valence-electron chi connectivity index (χ2n) is 12.2. The summed E-state index contributed by atoms with van der Waals surface area (Å²) in [4.78, 5) is 50.3. The van der Waals surface area contributed by atoms with E-state index in [0.29, 0.717) is 37.0 Å². The quantitative estimate of drug-likeness (QED) is 0.399. The van der Waals surface area contributed by atoms with Crippen LogP contribution in [0.2, 0.25) is 0 Å². The molecule has 3 N–H and O–H groups in total. The Labute approximate surface area is 238 Å². The van der Waals surface area contributed by atoms with Crippen molar-refractivity contribution in [3.8, 4) is 0 Å². The smallest absolute Gasteiger partial charge is 0.217 e. The Morgan fingerprint density at radius 3 is 2.59 bits per heavy atom. The predicted molar refractivity (Wildman–Crippen MR) is 151 cm³/mol. The second kappa shape index (κ2) is 10.7. The molecule has 0 aromatic rings. The first-order valence-electron chi connectivity index (χ1n) is 13.7. The van der Waals surface area contributed by atoms with Crippen molar-refractivity contribution in [2.75, 3.05) is 17.8 Å². The van der Waals surface area contributed by atoms with Crippen molar-refractivity contribution < 1.29 is 33.8 Å². The molecule has 0 aliphatic heterocycles. The van der Waals surface area contributed by atoms with Crippen LogP contribution < -0.4 is 5.32 Å². The number of amides is 1. The first kappa shape index (κ1) is 30.5. The van der Waals surface area contributed by atoms with E-state index in [1.165, 1.54) is 19.1 Å². The van der Waals surface area contributed by atoms with Gasteiger partial charge in [0.2, 0.25) is 11.0 Å². The molecular formula is C29H40FNO6S2. The molecule has 39 heavy (non-hydrogen) atoms. The number of allylic oxidation sites excluding steroid dienone is 4. The van der Waals surface area contributed by atoms with Crippen molar-refractivity contribution in [2.24, 2.45) is 28.6 Å². The lowest BCUT2D eigenvalue weighted by molar-refractivity contribution is -0.218. The standard InChI is InChI=1S/C29H40FNO6S2/c1-16-12-21-20-7-6-18-13-19(33)8-10-26(18,3)28(20,30)23(34)14-27(21,4)29(16,37)24(35)15-39-25(36)22(9-11-38-5)31-17(2)32/h8,10,13,16,20-23,34,37H,6-7,9,11-12,14-15H2,1-5H3,(H,31,32)/t16-,20-,21-,22?,23?,26-,27-,28-,29-/m0/s1. The van der Waals surface area contributed by atoms with Gasteiger partial charge in [-0.1, -0.05) is 37.3 Å². The molecule has 0 heterocycles. The molecular weight excluding hydrogens is 541 g/mol. The fourth-order valence-corrected chi connectivity index (χ4v) is 9.56. The zero-order chi connectivity index (χ0) is 29.0. The molecule has 0 radical (unpaired) electrons. The minimum absolute atomic E-state index is 0.108. The largest absolute Gasteiger partial charge is 0.390 e. The monoisotopic (exact) mass is 581 g/mol. The van der Waals surface area contributed by atoms with E-state index in [2.05, 4.69) is 5.32 Å². The number of fused-ring (bicyclic) bond motifs is 5. The molecule has 216 valence electrons. The average molecular weight is 582 g/mol. The van der Waals surface area contributed by atoms with Crippen molar-refractivity contribution in [2.45, 2.75) is 83.2 Å². The summed E-state index contributed by atoms with van der Waals surface area (Å²) in [6.45, 7) is 6.64. The maximum atomic E-state index is 17.3. The summed E-state index contributed by atoms with van der Waals surface area (Å²) in [6, 6.07) is -0.726. The first-order chi connectivity index (χ1) is 18.2. The zero-order valence-corrected chi connectivity index (χ0v) is 24.9. The van der Waals surface area contributed by atoms with Crippen LogP contribution in [0.3, 0.4) is 0 Å². The molecule has 3 saturated carbocycles. The topological polar surface area (TPSA) is 121 Å². The average Bonchev–Trinajstić information content (AvgIpc) is 3.07. The van der Waals surface area contributed by atoms with Crippen LogP contribution in [0.4, 0.5) is 4.39 Å². The number of Topliss-reactive ketones (excluding diaryl/α,β-unsaturated/α-hetero) is 1. The summed E-state index contributed by atoms with van der Waals surface area (Å²) in [6.07, 6.45) is 6.55. The number of thioether (sulfide) groups is 2. The van der Waals surface area contributed by atoms with Crippen LogP contribution in [0.25, 0.3) is 0 Å². The Hall–Kier alpha value is -1.49. The highest BCUT2D eigenvalue weighted by molar-refractivity contribution is 8.14. The second-order valence-corrected chi connectivity index (χ2v) is 14.2. The minimum atomic E-state index is -2.04.